The molecule has 0 aliphatic heterocycles. The van der Waals surface area contributed by atoms with Crippen LogP contribution in [0.25, 0.3) is 0 Å². The van der Waals surface area contributed by atoms with E-state index < -0.39 is 17.1 Å². The lowest BCUT2D eigenvalue weighted by atomic mass is 10.1. The first kappa shape index (κ1) is 12.3. The van der Waals surface area contributed by atoms with Crippen molar-refractivity contribution in [3.05, 3.63) is 0 Å². The zero-order valence-corrected chi connectivity index (χ0v) is 9.41. The fourth-order valence-electron chi connectivity index (χ4n) is 1.40. The maximum atomic E-state index is 11.3. The Bertz CT molecular complexity index is 242. The first-order valence-corrected chi connectivity index (χ1v) is 5.04. The first-order valence-electron chi connectivity index (χ1n) is 5.04. The number of hydrogen-bond acceptors (Lipinski definition) is 4. The lowest BCUT2D eigenvalue weighted by molar-refractivity contribution is 0.0499. The van der Waals surface area contributed by atoms with Gasteiger partial charge < -0.3 is 20.3 Å². The van der Waals surface area contributed by atoms with Crippen molar-refractivity contribution in [1.82, 2.24) is 5.32 Å². The normalized spacial score (nSPS) is 23.4. The van der Waals surface area contributed by atoms with Crippen molar-refractivity contribution in [1.29, 1.82) is 0 Å². The molecule has 0 bridgehead atoms. The highest BCUT2D eigenvalue weighted by Crippen LogP contribution is 2.44. The van der Waals surface area contributed by atoms with E-state index in [0.717, 1.165) is 0 Å². The Morgan fingerprint density at radius 2 is 2.00 bits per heavy atom. The van der Waals surface area contributed by atoms with Crippen molar-refractivity contribution in [2.75, 3.05) is 13.2 Å². The molecular weight excluding hydrogens is 198 g/mol. The van der Waals surface area contributed by atoms with E-state index in [2.05, 4.69) is 5.32 Å². The van der Waals surface area contributed by atoms with Crippen molar-refractivity contribution >= 4 is 6.09 Å². The Morgan fingerprint density at radius 3 is 2.33 bits per heavy atom. The molecule has 3 N–H and O–H groups in total. The number of hydrogen-bond donors (Lipinski definition) is 3. The fraction of sp³-hybridized carbons (Fsp3) is 0.900. The molecule has 1 fully saturated rings. The third-order valence-electron chi connectivity index (χ3n) is 2.51. The molecule has 88 valence electrons. The van der Waals surface area contributed by atoms with E-state index in [1.54, 1.807) is 20.8 Å². The van der Waals surface area contributed by atoms with Crippen LogP contribution in [0.3, 0.4) is 0 Å². The molecule has 5 heteroatoms. The second-order valence-corrected chi connectivity index (χ2v) is 5.08. The summed E-state index contributed by atoms with van der Waals surface area (Å²) in [6.45, 7) is 5.11. The van der Waals surface area contributed by atoms with Gasteiger partial charge in [-0.25, -0.2) is 4.79 Å². The summed E-state index contributed by atoms with van der Waals surface area (Å²) in [5.74, 6) is 0. The van der Waals surface area contributed by atoms with Gasteiger partial charge in [-0.1, -0.05) is 0 Å². The number of rotatable bonds is 3. The molecule has 0 aromatic rings. The summed E-state index contributed by atoms with van der Waals surface area (Å²) in [5, 5.41) is 20.7. The molecule has 1 amide bonds. The summed E-state index contributed by atoms with van der Waals surface area (Å²) in [5.41, 5.74) is -1.07. The Hall–Kier alpha value is -0.810. The summed E-state index contributed by atoms with van der Waals surface area (Å²) in [6.07, 6.45) is 0.0930. The standard InChI is InChI=1S/C10H19NO4/c1-9(2,3)15-8(14)11-7-4-10(7,5-12)6-13/h7,12-13H,4-6H2,1-3H3,(H,11,14). The first-order chi connectivity index (χ1) is 6.83. The molecular formula is C10H19NO4. The number of carbonyl (C=O) groups excluding carboxylic acids is 1. The van der Waals surface area contributed by atoms with Gasteiger partial charge in [-0.3, -0.25) is 0 Å². The van der Waals surface area contributed by atoms with Gasteiger partial charge in [0.25, 0.3) is 0 Å². The van der Waals surface area contributed by atoms with Crippen LogP contribution in [0.1, 0.15) is 27.2 Å². The van der Waals surface area contributed by atoms with Crippen LogP contribution < -0.4 is 5.32 Å². The lowest BCUT2D eigenvalue weighted by Crippen LogP contribution is -2.37. The molecule has 1 aliphatic rings. The highest BCUT2D eigenvalue weighted by atomic mass is 16.6. The molecule has 0 heterocycles. The number of ether oxygens (including phenoxy) is 1. The topological polar surface area (TPSA) is 78.8 Å². The summed E-state index contributed by atoms with van der Waals surface area (Å²) in [7, 11) is 0. The Balaban J connectivity index is 2.36. The number of aliphatic hydroxyl groups excluding tert-OH is 2. The van der Waals surface area contributed by atoms with Crippen molar-refractivity contribution < 1.29 is 19.7 Å². The second kappa shape index (κ2) is 3.98. The molecule has 15 heavy (non-hydrogen) atoms. The molecule has 0 aromatic carbocycles. The quantitative estimate of drug-likeness (QED) is 0.633. The molecule has 1 atom stereocenters. The molecule has 0 saturated heterocycles. The van der Waals surface area contributed by atoms with Gasteiger partial charge in [0, 0.05) is 11.5 Å². The molecule has 0 radical (unpaired) electrons. The number of nitrogens with one attached hydrogen (secondary N) is 1. The van der Waals surface area contributed by atoms with E-state index in [1.165, 1.54) is 0 Å². The van der Waals surface area contributed by atoms with Crippen LogP contribution in [-0.2, 0) is 4.74 Å². The molecule has 0 spiro atoms. The Morgan fingerprint density at radius 1 is 1.47 bits per heavy atom. The van der Waals surface area contributed by atoms with E-state index in [-0.39, 0.29) is 19.3 Å². The Labute approximate surface area is 89.4 Å². The summed E-state index contributed by atoms with van der Waals surface area (Å²) in [4.78, 5) is 11.3. The maximum absolute atomic E-state index is 11.3. The van der Waals surface area contributed by atoms with Crippen LogP contribution in [0.5, 0.6) is 0 Å². The van der Waals surface area contributed by atoms with Crippen molar-refractivity contribution in [2.24, 2.45) is 5.41 Å². The van der Waals surface area contributed by atoms with E-state index in [0.29, 0.717) is 6.42 Å². The summed E-state index contributed by atoms with van der Waals surface area (Å²) >= 11 is 0. The molecule has 1 saturated carbocycles. The van der Waals surface area contributed by atoms with Gasteiger partial charge in [-0.2, -0.15) is 0 Å². The Kier molecular flexibility index (Phi) is 3.25. The van der Waals surface area contributed by atoms with Gasteiger partial charge in [-0.15, -0.1) is 0 Å². The van der Waals surface area contributed by atoms with E-state index in [1.807, 2.05) is 0 Å². The number of aliphatic hydroxyl groups is 2. The van der Waals surface area contributed by atoms with E-state index in [4.69, 9.17) is 14.9 Å². The monoisotopic (exact) mass is 217 g/mol. The minimum absolute atomic E-state index is 0.121. The average Bonchev–Trinajstić information content (AvgIpc) is 2.76. The van der Waals surface area contributed by atoms with Crippen molar-refractivity contribution in [3.63, 3.8) is 0 Å². The van der Waals surface area contributed by atoms with Crippen LogP contribution in [-0.4, -0.2) is 41.2 Å². The van der Waals surface area contributed by atoms with Crippen LogP contribution in [0, 0.1) is 5.41 Å². The van der Waals surface area contributed by atoms with Gasteiger partial charge in [0.1, 0.15) is 5.60 Å². The van der Waals surface area contributed by atoms with Crippen LogP contribution in [0.4, 0.5) is 4.79 Å². The van der Waals surface area contributed by atoms with E-state index >= 15 is 0 Å². The second-order valence-electron chi connectivity index (χ2n) is 5.08. The number of carbonyl (C=O) groups is 1. The zero-order valence-electron chi connectivity index (χ0n) is 9.41. The number of amides is 1. The van der Waals surface area contributed by atoms with Crippen LogP contribution in [0.2, 0.25) is 0 Å². The van der Waals surface area contributed by atoms with Gasteiger partial charge in [0.2, 0.25) is 0 Å². The van der Waals surface area contributed by atoms with Crippen molar-refractivity contribution in [3.8, 4) is 0 Å². The molecule has 1 unspecified atom stereocenters. The summed E-state index contributed by atoms with van der Waals surface area (Å²) < 4.78 is 5.06. The van der Waals surface area contributed by atoms with Gasteiger partial charge in [0.15, 0.2) is 0 Å². The van der Waals surface area contributed by atoms with Crippen molar-refractivity contribution in [2.45, 2.75) is 38.8 Å². The minimum Gasteiger partial charge on any atom is -0.444 e. The highest BCUT2D eigenvalue weighted by molar-refractivity contribution is 5.68. The highest BCUT2D eigenvalue weighted by Gasteiger charge is 2.54. The zero-order chi connectivity index (χ0) is 11.7. The molecule has 1 aliphatic carbocycles. The van der Waals surface area contributed by atoms with E-state index in [9.17, 15) is 4.79 Å². The predicted octanol–water partition coefficient (Wildman–Crippen LogP) is 0.254. The maximum Gasteiger partial charge on any atom is 0.407 e. The average molecular weight is 217 g/mol. The largest absolute Gasteiger partial charge is 0.444 e. The van der Waals surface area contributed by atoms with Crippen LogP contribution >= 0.6 is 0 Å². The number of alkyl carbamates (subject to hydrolysis) is 1. The van der Waals surface area contributed by atoms with Gasteiger partial charge in [0.05, 0.1) is 13.2 Å². The summed E-state index contributed by atoms with van der Waals surface area (Å²) in [6, 6.07) is -0.178. The molecule has 5 nitrogen and oxygen atoms in total. The SMILES string of the molecule is CC(C)(C)OC(=O)NC1CC1(CO)CO. The predicted molar refractivity (Wildman–Crippen MR) is 54.4 cm³/mol. The minimum atomic E-state index is -0.545. The lowest BCUT2D eigenvalue weighted by Gasteiger charge is -2.20. The van der Waals surface area contributed by atoms with Crippen LogP contribution in [0.15, 0.2) is 0 Å². The smallest absolute Gasteiger partial charge is 0.407 e. The van der Waals surface area contributed by atoms with Gasteiger partial charge in [-0.05, 0) is 27.2 Å². The molecule has 1 rings (SSSR count). The third kappa shape index (κ3) is 3.07. The van der Waals surface area contributed by atoms with Gasteiger partial charge >= 0.3 is 6.09 Å². The fourth-order valence-corrected chi connectivity index (χ4v) is 1.40. The third-order valence-corrected chi connectivity index (χ3v) is 2.51. The molecule has 0 aromatic heterocycles.